The number of piperazine rings is 1. The van der Waals surface area contributed by atoms with Gasteiger partial charge >= 0.3 is 0 Å². The van der Waals surface area contributed by atoms with Gasteiger partial charge in [-0.1, -0.05) is 47.1 Å². The largest absolute Gasteiger partial charge is 0.352 e. The molecule has 0 bridgehead atoms. The van der Waals surface area contributed by atoms with Crippen molar-refractivity contribution in [3.8, 4) is 5.69 Å². The average Bonchev–Trinajstić information content (AvgIpc) is 3.33. The van der Waals surface area contributed by atoms with Gasteiger partial charge in [-0.2, -0.15) is 8.99 Å². The number of nitrogens with zero attached hydrogens (tertiary/aromatic N) is 7. The Balaban J connectivity index is 1.24. The summed E-state index contributed by atoms with van der Waals surface area (Å²) >= 11 is 6.00. The minimum atomic E-state index is -3.61. The van der Waals surface area contributed by atoms with Crippen molar-refractivity contribution in [3.63, 3.8) is 0 Å². The second-order valence-corrected chi connectivity index (χ2v) is 10.6. The van der Waals surface area contributed by atoms with Crippen LogP contribution in [0.15, 0.2) is 78.0 Å². The summed E-state index contributed by atoms with van der Waals surface area (Å²) in [5.74, 6) is 0.637. The fraction of sp³-hybridized carbons (Fsp3) is 0.167. The number of rotatable bonds is 4. The Labute approximate surface area is 206 Å². The smallest absolute Gasteiger partial charge is 0.243 e. The molecule has 2 aromatic heterocycles. The molecule has 0 spiro atoms. The van der Waals surface area contributed by atoms with Crippen molar-refractivity contribution < 1.29 is 8.42 Å². The van der Waals surface area contributed by atoms with Gasteiger partial charge in [0, 0.05) is 31.2 Å². The van der Waals surface area contributed by atoms with Crippen LogP contribution in [0.4, 0.5) is 5.82 Å². The zero-order valence-electron chi connectivity index (χ0n) is 18.5. The molecule has 9 nitrogen and oxygen atoms in total. The van der Waals surface area contributed by atoms with Gasteiger partial charge in [0.1, 0.15) is 6.33 Å². The highest BCUT2D eigenvalue weighted by molar-refractivity contribution is 7.89. The Kier molecular flexibility index (Phi) is 5.36. The summed E-state index contributed by atoms with van der Waals surface area (Å²) in [4.78, 5) is 11.1. The van der Waals surface area contributed by atoms with Gasteiger partial charge in [0.2, 0.25) is 10.0 Å². The number of anilines is 1. The fourth-order valence-electron chi connectivity index (χ4n) is 4.34. The molecule has 1 fully saturated rings. The third-order valence-corrected chi connectivity index (χ3v) is 8.33. The third kappa shape index (κ3) is 3.89. The molecule has 0 aliphatic carbocycles. The van der Waals surface area contributed by atoms with Crippen LogP contribution in [0.5, 0.6) is 0 Å². The first-order valence-electron chi connectivity index (χ1n) is 11.1. The molecule has 1 aliphatic rings. The van der Waals surface area contributed by atoms with Crippen LogP contribution < -0.4 is 4.90 Å². The van der Waals surface area contributed by atoms with Gasteiger partial charge in [0.15, 0.2) is 17.0 Å². The Hall–Kier alpha value is -3.60. The van der Waals surface area contributed by atoms with Crippen molar-refractivity contribution >= 4 is 49.4 Å². The summed E-state index contributed by atoms with van der Waals surface area (Å²) in [6, 6.07) is 20.2. The zero-order valence-corrected chi connectivity index (χ0v) is 20.1. The van der Waals surface area contributed by atoms with Gasteiger partial charge < -0.3 is 4.90 Å². The number of hydrogen-bond donors (Lipinski definition) is 0. The molecule has 0 amide bonds. The summed E-state index contributed by atoms with van der Waals surface area (Å²) in [5.41, 5.74) is 1.92. The lowest BCUT2D eigenvalue weighted by Gasteiger charge is -2.34. The lowest BCUT2D eigenvalue weighted by Crippen LogP contribution is -2.49. The Morgan fingerprint density at radius 2 is 1.57 bits per heavy atom. The monoisotopic (exact) mass is 505 g/mol. The highest BCUT2D eigenvalue weighted by atomic mass is 35.5. The standard InChI is InChI=1S/C24H20ClN7O2S/c25-19-6-8-20(9-7-19)32-24-22(28-29-32)23(26-16-27-24)30-11-13-31(14-12-30)35(33,34)21-10-5-17-3-1-2-4-18(17)15-21/h1-10,15-16H,11-14H2. The van der Waals surface area contributed by atoms with Gasteiger partial charge in [0.25, 0.3) is 0 Å². The van der Waals surface area contributed by atoms with Gasteiger partial charge in [-0.15, -0.1) is 5.10 Å². The van der Waals surface area contributed by atoms with E-state index in [-0.39, 0.29) is 0 Å². The molecule has 3 aromatic carbocycles. The molecule has 1 saturated heterocycles. The maximum Gasteiger partial charge on any atom is 0.243 e. The van der Waals surface area contributed by atoms with Crippen molar-refractivity contribution in [2.45, 2.75) is 4.90 Å². The van der Waals surface area contributed by atoms with Crippen molar-refractivity contribution in [1.82, 2.24) is 29.3 Å². The molecule has 0 radical (unpaired) electrons. The minimum absolute atomic E-state index is 0.306. The number of hydrogen-bond acceptors (Lipinski definition) is 7. The molecule has 6 rings (SSSR count). The van der Waals surface area contributed by atoms with E-state index in [1.54, 1.807) is 28.9 Å². The van der Waals surface area contributed by atoms with Crippen LogP contribution >= 0.6 is 11.6 Å². The van der Waals surface area contributed by atoms with Crippen LogP contribution in [0.2, 0.25) is 5.02 Å². The molecule has 0 atom stereocenters. The Bertz CT molecular complexity index is 1650. The van der Waals surface area contributed by atoms with E-state index < -0.39 is 10.0 Å². The third-order valence-electron chi connectivity index (χ3n) is 6.19. The Morgan fingerprint density at radius 1 is 0.829 bits per heavy atom. The van der Waals surface area contributed by atoms with Crippen LogP contribution in [-0.2, 0) is 10.0 Å². The van der Waals surface area contributed by atoms with Crippen LogP contribution in [0, 0.1) is 0 Å². The SMILES string of the molecule is O=S(=O)(c1ccc2ccccc2c1)N1CCN(c2ncnc3c2nnn3-c2ccc(Cl)cc2)CC1. The molecule has 0 N–H and O–H groups in total. The first kappa shape index (κ1) is 21.9. The summed E-state index contributed by atoms with van der Waals surface area (Å²) in [7, 11) is -3.61. The molecule has 0 saturated carbocycles. The predicted octanol–water partition coefficient (Wildman–Crippen LogP) is 3.53. The summed E-state index contributed by atoms with van der Waals surface area (Å²) in [6.45, 7) is 1.64. The van der Waals surface area contributed by atoms with Crippen LogP contribution in [0.1, 0.15) is 0 Å². The number of halogens is 1. The number of sulfonamides is 1. The lowest BCUT2D eigenvalue weighted by molar-refractivity contribution is 0.384. The van der Waals surface area contributed by atoms with Gasteiger partial charge in [-0.05, 0) is 47.2 Å². The summed E-state index contributed by atoms with van der Waals surface area (Å²) < 4.78 is 29.8. The van der Waals surface area contributed by atoms with Gasteiger partial charge in [0.05, 0.1) is 10.6 Å². The maximum absolute atomic E-state index is 13.3. The molecular formula is C24H20ClN7O2S. The van der Waals surface area contributed by atoms with Gasteiger partial charge in [-0.25, -0.2) is 18.4 Å². The second-order valence-electron chi connectivity index (χ2n) is 8.25. The molecule has 3 heterocycles. The summed E-state index contributed by atoms with van der Waals surface area (Å²) in [6.07, 6.45) is 1.48. The number of aromatic nitrogens is 5. The van der Waals surface area contributed by atoms with E-state index in [1.807, 2.05) is 47.4 Å². The lowest BCUT2D eigenvalue weighted by atomic mass is 10.1. The van der Waals surface area contributed by atoms with E-state index in [1.165, 1.54) is 10.6 Å². The maximum atomic E-state index is 13.3. The highest BCUT2D eigenvalue weighted by Crippen LogP contribution is 2.27. The normalized spacial score (nSPS) is 15.2. The van der Waals surface area contributed by atoms with Crippen molar-refractivity contribution in [2.75, 3.05) is 31.1 Å². The minimum Gasteiger partial charge on any atom is -0.352 e. The van der Waals surface area contributed by atoms with Gasteiger partial charge in [-0.3, -0.25) is 0 Å². The van der Waals surface area contributed by atoms with Crippen LogP contribution in [0.3, 0.4) is 0 Å². The topological polar surface area (TPSA) is 97.1 Å². The van der Waals surface area contributed by atoms with Crippen LogP contribution in [0.25, 0.3) is 27.6 Å². The van der Waals surface area contributed by atoms with E-state index in [4.69, 9.17) is 11.6 Å². The zero-order chi connectivity index (χ0) is 24.0. The van der Waals surface area contributed by atoms with E-state index in [0.29, 0.717) is 53.1 Å². The molecule has 5 aromatic rings. The van der Waals surface area contributed by atoms with Crippen LogP contribution in [-0.4, -0.2) is 63.9 Å². The van der Waals surface area contributed by atoms with E-state index in [0.717, 1.165) is 16.5 Å². The van der Waals surface area contributed by atoms with E-state index >= 15 is 0 Å². The second kappa shape index (κ2) is 8.56. The van der Waals surface area contributed by atoms with Crippen molar-refractivity contribution in [2.24, 2.45) is 0 Å². The highest BCUT2D eigenvalue weighted by Gasteiger charge is 2.30. The van der Waals surface area contributed by atoms with Crippen molar-refractivity contribution in [3.05, 3.63) is 78.1 Å². The van der Waals surface area contributed by atoms with Crippen molar-refractivity contribution in [1.29, 1.82) is 0 Å². The summed E-state index contributed by atoms with van der Waals surface area (Å²) in [5, 5.41) is 11.1. The molecule has 0 unspecified atom stereocenters. The average molecular weight is 506 g/mol. The molecule has 1 aliphatic heterocycles. The molecular weight excluding hydrogens is 486 g/mol. The fourth-order valence-corrected chi connectivity index (χ4v) is 5.93. The Morgan fingerprint density at radius 3 is 2.34 bits per heavy atom. The number of fused-ring (bicyclic) bond motifs is 2. The molecule has 35 heavy (non-hydrogen) atoms. The molecule has 176 valence electrons. The quantitative estimate of drug-likeness (QED) is 0.368. The van der Waals surface area contributed by atoms with E-state index in [2.05, 4.69) is 20.3 Å². The first-order chi connectivity index (χ1) is 17.0. The van der Waals surface area contributed by atoms with E-state index in [9.17, 15) is 8.42 Å². The first-order valence-corrected chi connectivity index (χ1v) is 12.9. The number of benzene rings is 3. The predicted molar refractivity (Wildman–Crippen MR) is 134 cm³/mol. The molecule has 11 heteroatoms.